The van der Waals surface area contributed by atoms with Crippen molar-refractivity contribution in [2.75, 3.05) is 0 Å². The molecule has 1 aromatic carbocycles. The van der Waals surface area contributed by atoms with Crippen molar-refractivity contribution < 1.29 is 4.52 Å². The summed E-state index contributed by atoms with van der Waals surface area (Å²) in [6.45, 7) is 2.02. The van der Waals surface area contributed by atoms with Crippen LogP contribution in [0.1, 0.15) is 18.6 Å². The lowest BCUT2D eigenvalue weighted by Gasteiger charge is -2.07. The number of rotatable bonds is 2. The zero-order valence-corrected chi connectivity index (χ0v) is 8.33. The van der Waals surface area contributed by atoms with Crippen molar-refractivity contribution in [1.82, 2.24) is 0 Å². The molecule has 2 unspecified atom stereocenters. The van der Waals surface area contributed by atoms with Crippen LogP contribution in [0.15, 0.2) is 30.3 Å². The van der Waals surface area contributed by atoms with Crippen molar-refractivity contribution in [3.05, 3.63) is 35.9 Å². The molecule has 0 bridgehead atoms. The van der Waals surface area contributed by atoms with Gasteiger partial charge in [0.05, 0.1) is 6.10 Å². The van der Waals surface area contributed by atoms with Crippen LogP contribution in [0.3, 0.4) is 0 Å². The first kappa shape index (κ1) is 10.9. The van der Waals surface area contributed by atoms with Crippen LogP contribution in [0.2, 0.25) is 0 Å². The normalized spacial score (nSPS) is 11.8. The molecule has 1 rings (SSSR count). The van der Waals surface area contributed by atoms with Gasteiger partial charge in [-0.15, -0.1) is 12.4 Å². The second-order valence-electron chi connectivity index (χ2n) is 2.19. The van der Waals surface area contributed by atoms with Gasteiger partial charge in [-0.3, -0.25) is 0 Å². The van der Waals surface area contributed by atoms with Gasteiger partial charge in [0.15, 0.2) is 0 Å². The highest BCUT2D eigenvalue weighted by molar-refractivity contribution is 7.09. The minimum atomic E-state index is 0. The van der Waals surface area contributed by atoms with E-state index in [9.17, 15) is 0 Å². The molecule has 0 N–H and O–H groups in total. The van der Waals surface area contributed by atoms with E-state index in [2.05, 4.69) is 21.6 Å². The van der Waals surface area contributed by atoms with Gasteiger partial charge in [-0.1, -0.05) is 30.3 Å². The lowest BCUT2D eigenvalue weighted by atomic mass is 10.1. The van der Waals surface area contributed by atoms with Crippen LogP contribution in [0.5, 0.6) is 0 Å². The number of benzene rings is 1. The monoisotopic (exact) mass is 190 g/mol. The molecule has 11 heavy (non-hydrogen) atoms. The van der Waals surface area contributed by atoms with Gasteiger partial charge in [-0.25, -0.2) is 0 Å². The Bertz CT molecular complexity index is 191. The average Bonchev–Trinajstić information content (AvgIpc) is 2.05. The van der Waals surface area contributed by atoms with E-state index in [0.29, 0.717) is 0 Å². The third-order valence-corrected chi connectivity index (χ3v) is 1.88. The summed E-state index contributed by atoms with van der Waals surface area (Å²) in [5.41, 5.74) is 1.21. The Morgan fingerprint density at radius 2 is 1.82 bits per heavy atom. The molecule has 0 aliphatic rings. The minimum absolute atomic E-state index is 0. The average molecular weight is 191 g/mol. The van der Waals surface area contributed by atoms with E-state index in [1.165, 1.54) is 5.56 Å². The van der Waals surface area contributed by atoms with E-state index in [4.69, 9.17) is 4.52 Å². The summed E-state index contributed by atoms with van der Waals surface area (Å²) >= 11 is 0. The molecule has 0 spiro atoms. The predicted molar refractivity (Wildman–Crippen MR) is 52.9 cm³/mol. The van der Waals surface area contributed by atoms with Gasteiger partial charge in [0, 0.05) is 9.47 Å². The number of halogens is 1. The third-order valence-electron chi connectivity index (χ3n) is 1.47. The minimum Gasteiger partial charge on any atom is -0.358 e. The van der Waals surface area contributed by atoms with Gasteiger partial charge in [0.2, 0.25) is 0 Å². The molecule has 0 saturated heterocycles. The summed E-state index contributed by atoms with van der Waals surface area (Å²) < 4.78 is 5.05. The lowest BCUT2D eigenvalue weighted by molar-refractivity contribution is 0.270. The van der Waals surface area contributed by atoms with Gasteiger partial charge < -0.3 is 4.52 Å². The van der Waals surface area contributed by atoms with Gasteiger partial charge in [0.25, 0.3) is 0 Å². The molecular formula is C8H12ClOP. The van der Waals surface area contributed by atoms with E-state index in [1.54, 1.807) is 0 Å². The van der Waals surface area contributed by atoms with E-state index in [-0.39, 0.29) is 18.5 Å². The molecule has 0 amide bonds. The highest BCUT2D eigenvalue weighted by Gasteiger charge is 1.99. The van der Waals surface area contributed by atoms with E-state index >= 15 is 0 Å². The maximum Gasteiger partial charge on any atom is 0.0832 e. The molecule has 0 aliphatic heterocycles. The molecule has 0 aromatic heterocycles. The molecule has 62 valence electrons. The van der Waals surface area contributed by atoms with Crippen molar-refractivity contribution in [3.8, 4) is 0 Å². The smallest absolute Gasteiger partial charge is 0.0832 e. The molecule has 0 saturated carbocycles. The van der Waals surface area contributed by atoms with E-state index in [0.717, 1.165) is 0 Å². The zero-order valence-electron chi connectivity index (χ0n) is 6.36. The Morgan fingerprint density at radius 1 is 1.27 bits per heavy atom. The van der Waals surface area contributed by atoms with Crippen LogP contribution < -0.4 is 0 Å². The van der Waals surface area contributed by atoms with Crippen LogP contribution >= 0.6 is 21.9 Å². The molecule has 2 atom stereocenters. The summed E-state index contributed by atoms with van der Waals surface area (Å²) in [5.74, 6) is 0. The first-order chi connectivity index (χ1) is 4.84. The molecule has 3 heteroatoms. The molecule has 0 heterocycles. The Labute approximate surface area is 75.8 Å². The first-order valence-corrected chi connectivity index (χ1v) is 3.72. The van der Waals surface area contributed by atoms with Crippen LogP contribution in [0.4, 0.5) is 0 Å². The fraction of sp³-hybridized carbons (Fsp3) is 0.250. The Morgan fingerprint density at radius 3 is 2.27 bits per heavy atom. The highest BCUT2D eigenvalue weighted by Crippen LogP contribution is 2.17. The van der Waals surface area contributed by atoms with Crippen LogP contribution in [0, 0.1) is 0 Å². The zero-order chi connectivity index (χ0) is 7.40. The second kappa shape index (κ2) is 5.54. The summed E-state index contributed by atoms with van der Waals surface area (Å²) in [5, 5.41) is 0. The SMILES string of the molecule is CC(OP)c1ccccc1.Cl. The van der Waals surface area contributed by atoms with Gasteiger partial charge in [-0.2, -0.15) is 0 Å². The molecule has 0 fully saturated rings. The van der Waals surface area contributed by atoms with Crippen molar-refractivity contribution in [2.24, 2.45) is 0 Å². The van der Waals surface area contributed by atoms with Crippen molar-refractivity contribution in [2.45, 2.75) is 13.0 Å². The highest BCUT2D eigenvalue weighted by atomic mass is 35.5. The molecule has 1 aromatic rings. The fourth-order valence-electron chi connectivity index (χ4n) is 0.803. The molecular weight excluding hydrogens is 179 g/mol. The summed E-state index contributed by atoms with van der Waals surface area (Å²) in [6, 6.07) is 10.1. The topological polar surface area (TPSA) is 9.23 Å². The van der Waals surface area contributed by atoms with Crippen LogP contribution in [-0.4, -0.2) is 0 Å². The van der Waals surface area contributed by atoms with Crippen LogP contribution in [0.25, 0.3) is 0 Å². The van der Waals surface area contributed by atoms with Gasteiger partial charge >= 0.3 is 0 Å². The lowest BCUT2D eigenvalue weighted by Crippen LogP contribution is -1.89. The maximum absolute atomic E-state index is 5.05. The largest absolute Gasteiger partial charge is 0.358 e. The Kier molecular flexibility index (Phi) is 5.49. The maximum atomic E-state index is 5.05. The van der Waals surface area contributed by atoms with Gasteiger partial charge in [-0.05, 0) is 12.5 Å². The number of hydrogen-bond donors (Lipinski definition) is 0. The third kappa shape index (κ3) is 3.20. The van der Waals surface area contributed by atoms with Crippen molar-refractivity contribution in [1.29, 1.82) is 0 Å². The quantitative estimate of drug-likeness (QED) is 0.652. The van der Waals surface area contributed by atoms with E-state index < -0.39 is 0 Å². The van der Waals surface area contributed by atoms with Crippen molar-refractivity contribution >= 4 is 21.9 Å². The molecule has 0 aliphatic carbocycles. The standard InChI is InChI=1S/C8H11OP.ClH/c1-7(9-10)8-5-3-2-4-6-8;/h2-7H,10H2,1H3;1H. The Balaban J connectivity index is 0.000001000. The van der Waals surface area contributed by atoms with Crippen LogP contribution in [-0.2, 0) is 4.52 Å². The first-order valence-electron chi connectivity index (χ1n) is 3.25. The summed E-state index contributed by atoms with van der Waals surface area (Å²) in [7, 11) is 2.27. The summed E-state index contributed by atoms with van der Waals surface area (Å²) in [6.07, 6.45) is 0.172. The second-order valence-corrected chi connectivity index (χ2v) is 2.46. The van der Waals surface area contributed by atoms with Crippen molar-refractivity contribution in [3.63, 3.8) is 0 Å². The summed E-state index contributed by atoms with van der Waals surface area (Å²) in [4.78, 5) is 0. The molecule has 0 radical (unpaired) electrons. The van der Waals surface area contributed by atoms with Gasteiger partial charge in [0.1, 0.15) is 0 Å². The Hall–Kier alpha value is -0.100. The molecule has 1 nitrogen and oxygen atoms in total. The fourth-order valence-corrected chi connectivity index (χ4v) is 0.960. The predicted octanol–water partition coefficient (Wildman–Crippen LogP) is 2.98. The van der Waals surface area contributed by atoms with E-state index in [1.807, 2.05) is 25.1 Å². The number of hydrogen-bond acceptors (Lipinski definition) is 1.